The molecule has 0 aliphatic heterocycles. The van der Waals surface area contributed by atoms with Crippen LogP contribution in [0, 0.1) is 0 Å². The summed E-state index contributed by atoms with van der Waals surface area (Å²) in [6.07, 6.45) is 3.80. The molecule has 0 aliphatic carbocycles. The van der Waals surface area contributed by atoms with Crippen LogP contribution in [0.3, 0.4) is 0 Å². The number of anilines is 1. The van der Waals surface area contributed by atoms with Crippen molar-refractivity contribution in [1.29, 1.82) is 0 Å². The van der Waals surface area contributed by atoms with Crippen molar-refractivity contribution in [2.24, 2.45) is 0 Å². The Bertz CT molecular complexity index is 571. The lowest BCUT2D eigenvalue weighted by Gasteiger charge is -2.13. The average molecular weight is 276 g/mol. The summed E-state index contributed by atoms with van der Waals surface area (Å²) in [5, 5.41) is 7.95. The van der Waals surface area contributed by atoms with Crippen LogP contribution >= 0.6 is 0 Å². The first-order chi connectivity index (χ1) is 9.41. The summed E-state index contributed by atoms with van der Waals surface area (Å²) in [4.78, 5) is 4.41. The van der Waals surface area contributed by atoms with Gasteiger partial charge in [-0.15, -0.1) is 0 Å². The van der Waals surface area contributed by atoms with Crippen molar-refractivity contribution in [2.45, 2.75) is 46.1 Å². The monoisotopic (exact) mass is 276 g/mol. The molecule has 2 rings (SSSR count). The zero-order chi connectivity index (χ0) is 14.8. The Labute approximate surface area is 120 Å². The van der Waals surface area contributed by atoms with E-state index < -0.39 is 0 Å². The van der Waals surface area contributed by atoms with Crippen molar-refractivity contribution < 1.29 is 4.74 Å². The highest BCUT2D eigenvalue weighted by atomic mass is 16.5. The molecule has 0 saturated carbocycles. The van der Waals surface area contributed by atoms with Crippen LogP contribution in [0.5, 0.6) is 0 Å². The second kappa shape index (κ2) is 5.79. The van der Waals surface area contributed by atoms with E-state index in [1.807, 2.05) is 24.6 Å². The fraction of sp³-hybridized carbons (Fsp3) is 0.600. The van der Waals surface area contributed by atoms with Gasteiger partial charge in [0.25, 0.3) is 0 Å². The van der Waals surface area contributed by atoms with E-state index in [1.54, 1.807) is 6.20 Å². The van der Waals surface area contributed by atoms with Gasteiger partial charge in [-0.05, 0) is 19.9 Å². The standard InChI is InChI=1S/C15H24N4O/c1-6-20-11(2)10-17-14-12-9-13(15(3,4)5)18-19(12)8-7-16-14/h7-9,11H,6,10H2,1-5H3,(H,16,17). The van der Waals surface area contributed by atoms with Gasteiger partial charge in [-0.25, -0.2) is 9.50 Å². The van der Waals surface area contributed by atoms with Gasteiger partial charge in [-0.2, -0.15) is 5.10 Å². The molecule has 110 valence electrons. The minimum absolute atomic E-state index is 0.0297. The first kappa shape index (κ1) is 14.8. The fourth-order valence-corrected chi connectivity index (χ4v) is 2.01. The summed E-state index contributed by atoms with van der Waals surface area (Å²) in [5.41, 5.74) is 2.09. The number of rotatable bonds is 5. The third-order valence-electron chi connectivity index (χ3n) is 3.17. The molecule has 0 amide bonds. The number of nitrogens with zero attached hydrogens (tertiary/aromatic N) is 3. The van der Waals surface area contributed by atoms with Crippen molar-refractivity contribution in [3.8, 4) is 0 Å². The number of hydrogen-bond acceptors (Lipinski definition) is 4. The Morgan fingerprint density at radius 3 is 2.80 bits per heavy atom. The Morgan fingerprint density at radius 2 is 2.15 bits per heavy atom. The number of fused-ring (bicyclic) bond motifs is 1. The predicted molar refractivity (Wildman–Crippen MR) is 81.3 cm³/mol. The quantitative estimate of drug-likeness (QED) is 0.912. The maximum absolute atomic E-state index is 5.52. The smallest absolute Gasteiger partial charge is 0.152 e. The van der Waals surface area contributed by atoms with Crippen molar-refractivity contribution in [2.75, 3.05) is 18.5 Å². The molecular weight excluding hydrogens is 252 g/mol. The molecule has 0 fully saturated rings. The molecule has 20 heavy (non-hydrogen) atoms. The Kier molecular flexibility index (Phi) is 4.28. The Balaban J connectivity index is 2.23. The molecule has 5 heteroatoms. The molecule has 5 nitrogen and oxygen atoms in total. The van der Waals surface area contributed by atoms with Crippen LogP contribution in [-0.4, -0.2) is 33.9 Å². The van der Waals surface area contributed by atoms with Crippen LogP contribution in [0.2, 0.25) is 0 Å². The van der Waals surface area contributed by atoms with E-state index in [0.29, 0.717) is 0 Å². The topological polar surface area (TPSA) is 51.5 Å². The van der Waals surface area contributed by atoms with Gasteiger partial charge in [0.05, 0.1) is 11.8 Å². The maximum atomic E-state index is 5.52. The van der Waals surface area contributed by atoms with Crippen molar-refractivity contribution in [3.63, 3.8) is 0 Å². The number of aromatic nitrogens is 3. The van der Waals surface area contributed by atoms with E-state index in [-0.39, 0.29) is 11.5 Å². The van der Waals surface area contributed by atoms with Gasteiger partial charge < -0.3 is 10.1 Å². The molecule has 0 radical (unpaired) electrons. The second-order valence-electron chi connectivity index (χ2n) is 6.03. The van der Waals surface area contributed by atoms with Gasteiger partial charge >= 0.3 is 0 Å². The third kappa shape index (κ3) is 3.28. The normalized spacial score (nSPS) is 13.7. The van der Waals surface area contributed by atoms with Crippen molar-refractivity contribution in [3.05, 3.63) is 24.2 Å². The average Bonchev–Trinajstić information content (AvgIpc) is 2.81. The van der Waals surface area contributed by atoms with Crippen LogP contribution in [0.15, 0.2) is 18.5 Å². The van der Waals surface area contributed by atoms with Crippen LogP contribution < -0.4 is 5.32 Å². The molecule has 2 heterocycles. The lowest BCUT2D eigenvalue weighted by molar-refractivity contribution is 0.0855. The van der Waals surface area contributed by atoms with Crippen molar-refractivity contribution in [1.82, 2.24) is 14.6 Å². The number of hydrogen-bond donors (Lipinski definition) is 1. The van der Waals surface area contributed by atoms with E-state index in [0.717, 1.165) is 30.2 Å². The lowest BCUT2D eigenvalue weighted by Crippen LogP contribution is -2.20. The highest BCUT2D eigenvalue weighted by Gasteiger charge is 2.19. The van der Waals surface area contributed by atoms with E-state index in [1.165, 1.54) is 0 Å². The van der Waals surface area contributed by atoms with Crippen LogP contribution in [0.4, 0.5) is 5.82 Å². The molecule has 1 N–H and O–H groups in total. The highest BCUT2D eigenvalue weighted by molar-refractivity contribution is 5.68. The van der Waals surface area contributed by atoms with E-state index in [9.17, 15) is 0 Å². The molecule has 0 bridgehead atoms. The van der Waals surface area contributed by atoms with Gasteiger partial charge in [0.15, 0.2) is 5.82 Å². The Hall–Kier alpha value is -1.62. The zero-order valence-electron chi connectivity index (χ0n) is 13.0. The first-order valence-corrected chi connectivity index (χ1v) is 7.12. The molecule has 0 aliphatic rings. The molecule has 2 aromatic heterocycles. The van der Waals surface area contributed by atoms with Crippen LogP contribution in [0.1, 0.15) is 40.3 Å². The molecule has 0 spiro atoms. The predicted octanol–water partition coefficient (Wildman–Crippen LogP) is 2.86. The van der Waals surface area contributed by atoms with Gasteiger partial charge in [-0.3, -0.25) is 0 Å². The summed E-state index contributed by atoms with van der Waals surface area (Å²) in [5.74, 6) is 0.849. The summed E-state index contributed by atoms with van der Waals surface area (Å²) < 4.78 is 7.40. The first-order valence-electron chi connectivity index (χ1n) is 7.12. The van der Waals surface area contributed by atoms with E-state index >= 15 is 0 Å². The molecular formula is C15H24N4O. The van der Waals surface area contributed by atoms with Gasteiger partial charge in [0, 0.05) is 31.0 Å². The SMILES string of the molecule is CCOC(C)CNc1nccn2nc(C(C)(C)C)cc12. The summed E-state index contributed by atoms with van der Waals surface area (Å²) in [6.45, 7) is 12.0. The fourth-order valence-electron chi connectivity index (χ4n) is 2.01. The van der Waals surface area contributed by atoms with E-state index in [4.69, 9.17) is 4.74 Å². The van der Waals surface area contributed by atoms with Gasteiger partial charge in [0.2, 0.25) is 0 Å². The summed E-state index contributed by atoms with van der Waals surface area (Å²) in [6, 6.07) is 2.10. The minimum Gasteiger partial charge on any atom is -0.377 e. The third-order valence-corrected chi connectivity index (χ3v) is 3.17. The number of ether oxygens (including phenoxy) is 1. The van der Waals surface area contributed by atoms with Crippen LogP contribution in [-0.2, 0) is 10.2 Å². The molecule has 0 saturated heterocycles. The van der Waals surface area contributed by atoms with Crippen molar-refractivity contribution >= 4 is 11.3 Å². The number of nitrogens with one attached hydrogen (secondary N) is 1. The molecule has 1 unspecified atom stereocenters. The largest absolute Gasteiger partial charge is 0.377 e. The maximum Gasteiger partial charge on any atom is 0.152 e. The second-order valence-corrected chi connectivity index (χ2v) is 6.03. The molecule has 1 atom stereocenters. The summed E-state index contributed by atoms with van der Waals surface area (Å²) in [7, 11) is 0. The lowest BCUT2D eigenvalue weighted by atomic mass is 9.92. The van der Waals surface area contributed by atoms with E-state index in [2.05, 4.69) is 42.2 Å². The van der Waals surface area contributed by atoms with Gasteiger partial charge in [-0.1, -0.05) is 20.8 Å². The zero-order valence-corrected chi connectivity index (χ0v) is 13.0. The highest BCUT2D eigenvalue weighted by Crippen LogP contribution is 2.24. The summed E-state index contributed by atoms with van der Waals surface area (Å²) >= 11 is 0. The van der Waals surface area contributed by atoms with Gasteiger partial charge in [0.1, 0.15) is 5.52 Å². The molecule has 2 aromatic rings. The minimum atomic E-state index is 0.0297. The van der Waals surface area contributed by atoms with Crippen LogP contribution in [0.25, 0.3) is 5.52 Å². The Morgan fingerprint density at radius 1 is 1.40 bits per heavy atom. The molecule has 0 aromatic carbocycles.